The van der Waals surface area contributed by atoms with Crippen molar-refractivity contribution >= 4 is 51.4 Å². The molecule has 0 bridgehead atoms. The second kappa shape index (κ2) is 13.4. The van der Waals surface area contributed by atoms with Gasteiger partial charge in [0.25, 0.3) is 0 Å². The molecule has 29 heavy (non-hydrogen) atoms. The summed E-state index contributed by atoms with van der Waals surface area (Å²) in [6.07, 6.45) is 2.58. The fourth-order valence-corrected chi connectivity index (χ4v) is 4.28. The van der Waals surface area contributed by atoms with Gasteiger partial charge in [-0.1, -0.05) is 18.2 Å². The summed E-state index contributed by atoms with van der Waals surface area (Å²) in [5.74, 6) is 1.34. The van der Waals surface area contributed by atoms with Crippen molar-refractivity contribution in [2.24, 2.45) is 10.9 Å². The van der Waals surface area contributed by atoms with Crippen LogP contribution in [0, 0.1) is 5.92 Å². The highest BCUT2D eigenvalue weighted by atomic mass is 127. The van der Waals surface area contributed by atoms with Crippen molar-refractivity contribution in [2.75, 3.05) is 46.6 Å². The predicted octanol–water partition coefficient (Wildman–Crippen LogP) is 3.55. The number of guanidine groups is 1. The molecule has 0 saturated carbocycles. The summed E-state index contributed by atoms with van der Waals surface area (Å²) in [6.45, 7) is 4.51. The SMILES string of the molecule is CN=C(NCCCOCC1CCOCC1)NCC(O)c1cc2ccccc2s1.I. The molecular formula is C21H32IN3O3S. The molecule has 1 aliphatic rings. The number of fused-ring (bicyclic) bond motifs is 1. The summed E-state index contributed by atoms with van der Waals surface area (Å²) in [7, 11) is 1.74. The Hall–Kier alpha value is -0.940. The van der Waals surface area contributed by atoms with E-state index >= 15 is 0 Å². The Morgan fingerprint density at radius 1 is 1.31 bits per heavy atom. The molecule has 3 rings (SSSR count). The second-order valence-electron chi connectivity index (χ2n) is 7.07. The largest absolute Gasteiger partial charge is 0.386 e. The van der Waals surface area contributed by atoms with Crippen molar-refractivity contribution in [1.82, 2.24) is 10.6 Å². The minimum atomic E-state index is -0.557. The molecule has 1 fully saturated rings. The van der Waals surface area contributed by atoms with Crippen LogP contribution in [-0.2, 0) is 9.47 Å². The Balaban J connectivity index is 0.00000300. The van der Waals surface area contributed by atoms with Crippen molar-refractivity contribution in [3.63, 3.8) is 0 Å². The van der Waals surface area contributed by atoms with Crippen LogP contribution in [0.25, 0.3) is 10.1 Å². The smallest absolute Gasteiger partial charge is 0.191 e. The van der Waals surface area contributed by atoms with E-state index in [9.17, 15) is 5.11 Å². The highest BCUT2D eigenvalue weighted by molar-refractivity contribution is 14.0. The van der Waals surface area contributed by atoms with E-state index in [1.54, 1.807) is 18.4 Å². The van der Waals surface area contributed by atoms with Gasteiger partial charge in [0.2, 0.25) is 0 Å². The first-order valence-corrected chi connectivity index (χ1v) is 10.8. The molecule has 3 N–H and O–H groups in total. The second-order valence-corrected chi connectivity index (χ2v) is 8.18. The van der Waals surface area contributed by atoms with E-state index in [-0.39, 0.29) is 24.0 Å². The van der Waals surface area contributed by atoms with Crippen molar-refractivity contribution in [3.8, 4) is 0 Å². The van der Waals surface area contributed by atoms with Crippen molar-refractivity contribution in [2.45, 2.75) is 25.4 Å². The molecular weight excluding hydrogens is 501 g/mol. The van der Waals surface area contributed by atoms with E-state index in [0.29, 0.717) is 18.4 Å². The lowest BCUT2D eigenvalue weighted by Gasteiger charge is -2.21. The van der Waals surface area contributed by atoms with Gasteiger partial charge in [0.15, 0.2) is 5.96 Å². The number of aliphatic imine (C=N–C) groups is 1. The summed E-state index contributed by atoms with van der Waals surface area (Å²) in [5.41, 5.74) is 0. The summed E-state index contributed by atoms with van der Waals surface area (Å²) in [5, 5.41) is 18.1. The van der Waals surface area contributed by atoms with Gasteiger partial charge < -0.3 is 25.2 Å². The van der Waals surface area contributed by atoms with Crippen LogP contribution in [0.3, 0.4) is 0 Å². The highest BCUT2D eigenvalue weighted by Gasteiger charge is 2.14. The Kier molecular flexibility index (Phi) is 11.2. The molecule has 0 spiro atoms. The molecule has 0 radical (unpaired) electrons. The number of rotatable bonds is 9. The van der Waals surface area contributed by atoms with Gasteiger partial charge in [-0.25, -0.2) is 0 Å². The lowest BCUT2D eigenvalue weighted by molar-refractivity contribution is 0.0203. The van der Waals surface area contributed by atoms with Crippen LogP contribution in [0.4, 0.5) is 0 Å². The minimum Gasteiger partial charge on any atom is -0.386 e. The van der Waals surface area contributed by atoms with Crippen LogP contribution >= 0.6 is 35.3 Å². The van der Waals surface area contributed by atoms with Crippen molar-refractivity contribution < 1.29 is 14.6 Å². The third-order valence-electron chi connectivity index (χ3n) is 4.91. The molecule has 1 aromatic heterocycles. The maximum atomic E-state index is 10.5. The fourth-order valence-electron chi connectivity index (χ4n) is 3.23. The van der Waals surface area contributed by atoms with Gasteiger partial charge in [0.05, 0.1) is 0 Å². The predicted molar refractivity (Wildman–Crippen MR) is 131 cm³/mol. The van der Waals surface area contributed by atoms with E-state index in [1.807, 2.05) is 12.1 Å². The molecule has 1 atom stereocenters. The quantitative estimate of drug-likeness (QED) is 0.199. The van der Waals surface area contributed by atoms with Gasteiger partial charge in [0.1, 0.15) is 6.10 Å². The van der Waals surface area contributed by atoms with Crippen LogP contribution in [0.2, 0.25) is 0 Å². The van der Waals surface area contributed by atoms with Gasteiger partial charge in [-0.3, -0.25) is 4.99 Å². The molecule has 2 aromatic rings. The summed E-state index contributed by atoms with van der Waals surface area (Å²) in [4.78, 5) is 5.18. The molecule has 2 heterocycles. The summed E-state index contributed by atoms with van der Waals surface area (Å²) >= 11 is 1.63. The first-order valence-electron chi connectivity index (χ1n) is 10.0. The number of nitrogens with one attached hydrogen (secondary N) is 2. The standard InChI is InChI=1S/C21H31N3O3S.HI/c1-22-21(23-9-4-10-27-15-16-7-11-26-12-8-16)24-14-18(25)20-13-17-5-2-3-6-19(17)28-20;/h2-3,5-6,13,16,18,25H,4,7-12,14-15H2,1H3,(H2,22,23,24);1H. The van der Waals surface area contributed by atoms with Gasteiger partial charge in [0, 0.05) is 56.1 Å². The number of ether oxygens (including phenoxy) is 2. The summed E-state index contributed by atoms with van der Waals surface area (Å²) < 4.78 is 12.3. The lowest BCUT2D eigenvalue weighted by atomic mass is 10.0. The molecule has 1 aliphatic heterocycles. The lowest BCUT2D eigenvalue weighted by Crippen LogP contribution is -2.40. The Morgan fingerprint density at radius 3 is 2.86 bits per heavy atom. The fraction of sp³-hybridized carbons (Fsp3) is 0.571. The average Bonchev–Trinajstić information content (AvgIpc) is 3.17. The number of aliphatic hydroxyl groups is 1. The zero-order valence-corrected chi connectivity index (χ0v) is 20.1. The van der Waals surface area contributed by atoms with E-state index in [0.717, 1.165) is 57.1 Å². The normalized spacial score (nSPS) is 16.4. The van der Waals surface area contributed by atoms with Crippen LogP contribution in [0.1, 0.15) is 30.2 Å². The Morgan fingerprint density at radius 2 is 2.10 bits per heavy atom. The molecule has 8 heteroatoms. The average molecular weight is 533 g/mol. The molecule has 0 amide bonds. The number of hydrogen-bond donors (Lipinski definition) is 3. The Bertz CT molecular complexity index is 717. The molecule has 1 aromatic carbocycles. The number of benzene rings is 1. The zero-order valence-electron chi connectivity index (χ0n) is 16.9. The van der Waals surface area contributed by atoms with Crippen LogP contribution in [-0.4, -0.2) is 57.6 Å². The minimum absolute atomic E-state index is 0. The number of hydrogen-bond acceptors (Lipinski definition) is 5. The topological polar surface area (TPSA) is 75.1 Å². The molecule has 1 unspecified atom stereocenters. The van der Waals surface area contributed by atoms with Gasteiger partial charge in [-0.15, -0.1) is 35.3 Å². The van der Waals surface area contributed by atoms with E-state index in [2.05, 4.69) is 33.8 Å². The van der Waals surface area contributed by atoms with Gasteiger partial charge in [-0.05, 0) is 42.7 Å². The van der Waals surface area contributed by atoms with E-state index < -0.39 is 6.10 Å². The molecule has 6 nitrogen and oxygen atoms in total. The summed E-state index contributed by atoms with van der Waals surface area (Å²) in [6, 6.07) is 10.2. The van der Waals surface area contributed by atoms with Crippen molar-refractivity contribution in [1.29, 1.82) is 0 Å². The van der Waals surface area contributed by atoms with Crippen LogP contribution in [0.5, 0.6) is 0 Å². The third-order valence-corrected chi connectivity index (χ3v) is 6.13. The van der Waals surface area contributed by atoms with Crippen LogP contribution < -0.4 is 10.6 Å². The highest BCUT2D eigenvalue weighted by Crippen LogP contribution is 2.29. The maximum Gasteiger partial charge on any atom is 0.191 e. The number of halogens is 1. The molecule has 1 saturated heterocycles. The number of thiophene rings is 1. The van der Waals surface area contributed by atoms with Crippen molar-refractivity contribution in [3.05, 3.63) is 35.2 Å². The third kappa shape index (κ3) is 8.01. The first kappa shape index (κ1) is 24.3. The van der Waals surface area contributed by atoms with Gasteiger partial charge in [-0.2, -0.15) is 0 Å². The van der Waals surface area contributed by atoms with Gasteiger partial charge >= 0.3 is 0 Å². The van der Waals surface area contributed by atoms with E-state index in [1.165, 1.54) is 10.1 Å². The van der Waals surface area contributed by atoms with Crippen LogP contribution in [0.15, 0.2) is 35.3 Å². The maximum absolute atomic E-state index is 10.5. The number of nitrogens with zero attached hydrogens (tertiary/aromatic N) is 1. The monoisotopic (exact) mass is 533 g/mol. The van der Waals surface area contributed by atoms with E-state index in [4.69, 9.17) is 9.47 Å². The molecule has 0 aliphatic carbocycles. The zero-order chi connectivity index (χ0) is 19.6. The molecule has 162 valence electrons. The first-order chi connectivity index (χ1) is 13.8. The number of aliphatic hydroxyl groups excluding tert-OH is 1. The Labute approximate surface area is 194 Å².